The molecule has 4 heteroatoms. The van der Waals surface area contributed by atoms with Crippen LogP contribution in [0.25, 0.3) is 11.3 Å². The number of benzene rings is 1. The third-order valence-electron chi connectivity index (χ3n) is 3.42. The van der Waals surface area contributed by atoms with Crippen LogP contribution in [0, 0.1) is 0 Å². The van der Waals surface area contributed by atoms with Crippen molar-refractivity contribution in [1.82, 2.24) is 10.2 Å². The van der Waals surface area contributed by atoms with Gasteiger partial charge in [0.1, 0.15) is 5.69 Å². The maximum Gasteiger partial charge on any atom is 0.356 e. The van der Waals surface area contributed by atoms with Gasteiger partial charge >= 0.3 is 5.97 Å². The number of carbonyl (C=O) groups excluding carboxylic acids is 1. The van der Waals surface area contributed by atoms with Gasteiger partial charge in [-0.3, -0.25) is 5.10 Å². The van der Waals surface area contributed by atoms with Crippen LogP contribution in [0.15, 0.2) is 30.3 Å². The Kier molecular flexibility index (Phi) is 5.55. The summed E-state index contributed by atoms with van der Waals surface area (Å²) in [4.78, 5) is 12.0. The molecule has 0 aliphatic rings. The Hall–Kier alpha value is -2.10. The highest BCUT2D eigenvalue weighted by molar-refractivity contribution is 5.91. The summed E-state index contributed by atoms with van der Waals surface area (Å²) >= 11 is 0. The molecule has 1 N–H and O–H groups in total. The zero-order valence-corrected chi connectivity index (χ0v) is 12.7. The number of esters is 1. The van der Waals surface area contributed by atoms with E-state index in [0.29, 0.717) is 12.3 Å². The molecule has 0 amide bonds. The molecule has 1 aromatic carbocycles. The first-order valence-electron chi connectivity index (χ1n) is 7.57. The van der Waals surface area contributed by atoms with E-state index >= 15 is 0 Å². The van der Waals surface area contributed by atoms with Crippen molar-refractivity contribution in [2.24, 2.45) is 0 Å². The third-order valence-corrected chi connectivity index (χ3v) is 3.42. The summed E-state index contributed by atoms with van der Waals surface area (Å²) in [7, 11) is 0. The second-order valence-electron chi connectivity index (χ2n) is 4.97. The Morgan fingerprint density at radius 2 is 1.95 bits per heavy atom. The van der Waals surface area contributed by atoms with Crippen molar-refractivity contribution in [3.8, 4) is 11.3 Å². The van der Waals surface area contributed by atoms with E-state index < -0.39 is 0 Å². The third kappa shape index (κ3) is 3.72. The number of rotatable bonds is 7. The molecule has 21 heavy (non-hydrogen) atoms. The molecule has 1 heterocycles. The summed E-state index contributed by atoms with van der Waals surface area (Å²) < 4.78 is 5.11. The number of carbonyl (C=O) groups is 1. The lowest BCUT2D eigenvalue weighted by Crippen LogP contribution is -2.08. The fraction of sp³-hybridized carbons (Fsp3) is 0.412. The molecule has 0 aliphatic heterocycles. The summed E-state index contributed by atoms with van der Waals surface area (Å²) in [6, 6.07) is 9.94. The van der Waals surface area contributed by atoms with Crippen LogP contribution in [0.3, 0.4) is 0 Å². The average molecular weight is 286 g/mol. The van der Waals surface area contributed by atoms with Gasteiger partial charge in [0.25, 0.3) is 0 Å². The lowest BCUT2D eigenvalue weighted by Gasteiger charge is -2.06. The van der Waals surface area contributed by atoms with E-state index in [1.165, 1.54) is 0 Å². The van der Waals surface area contributed by atoms with Crippen LogP contribution >= 0.6 is 0 Å². The van der Waals surface area contributed by atoms with Crippen molar-refractivity contribution >= 4 is 5.97 Å². The molecule has 0 bridgehead atoms. The van der Waals surface area contributed by atoms with Crippen LogP contribution in [0.4, 0.5) is 0 Å². The number of hydrogen-bond donors (Lipinski definition) is 1. The summed E-state index contributed by atoms with van der Waals surface area (Å²) in [5.41, 5.74) is 3.34. The molecule has 112 valence electrons. The number of aromatic amines is 1. The molecule has 0 saturated heterocycles. The molecule has 0 spiro atoms. The lowest BCUT2D eigenvalue weighted by molar-refractivity contribution is 0.0518. The molecular weight excluding hydrogens is 264 g/mol. The van der Waals surface area contributed by atoms with E-state index in [0.717, 1.165) is 42.5 Å². The molecule has 0 saturated carbocycles. The molecule has 2 rings (SSSR count). The maximum atomic E-state index is 12.0. The van der Waals surface area contributed by atoms with Crippen LogP contribution < -0.4 is 0 Å². The SMILES string of the molecule is CCCCCc1c(-c2ccccc2)n[nH]c1C(=O)OCC. The van der Waals surface area contributed by atoms with Crippen molar-refractivity contribution in [2.45, 2.75) is 39.5 Å². The van der Waals surface area contributed by atoms with Gasteiger partial charge < -0.3 is 4.74 Å². The molecular formula is C17H22N2O2. The fourth-order valence-electron chi connectivity index (χ4n) is 2.37. The largest absolute Gasteiger partial charge is 0.461 e. The highest BCUT2D eigenvalue weighted by atomic mass is 16.5. The monoisotopic (exact) mass is 286 g/mol. The average Bonchev–Trinajstić information content (AvgIpc) is 2.93. The first-order valence-corrected chi connectivity index (χ1v) is 7.57. The zero-order chi connectivity index (χ0) is 15.1. The van der Waals surface area contributed by atoms with E-state index in [9.17, 15) is 4.79 Å². The molecule has 1 aromatic heterocycles. The predicted octanol–water partition coefficient (Wildman–Crippen LogP) is 3.99. The van der Waals surface area contributed by atoms with Crippen molar-refractivity contribution in [3.63, 3.8) is 0 Å². The van der Waals surface area contributed by atoms with Crippen LogP contribution in [-0.2, 0) is 11.2 Å². The highest BCUT2D eigenvalue weighted by Crippen LogP contribution is 2.26. The van der Waals surface area contributed by atoms with Crippen molar-refractivity contribution in [1.29, 1.82) is 0 Å². The summed E-state index contributed by atoms with van der Waals surface area (Å²) in [6.07, 6.45) is 4.17. The van der Waals surface area contributed by atoms with Crippen LogP contribution in [0.5, 0.6) is 0 Å². The Morgan fingerprint density at radius 3 is 2.62 bits per heavy atom. The van der Waals surface area contributed by atoms with Gasteiger partial charge in [-0.05, 0) is 19.8 Å². The molecule has 0 radical (unpaired) electrons. The molecule has 2 aromatic rings. The highest BCUT2D eigenvalue weighted by Gasteiger charge is 2.20. The van der Waals surface area contributed by atoms with Crippen LogP contribution in [0.1, 0.15) is 49.2 Å². The van der Waals surface area contributed by atoms with Crippen molar-refractivity contribution in [2.75, 3.05) is 6.61 Å². The minimum Gasteiger partial charge on any atom is -0.461 e. The Bertz CT molecular complexity index is 576. The fourth-order valence-corrected chi connectivity index (χ4v) is 2.37. The van der Waals surface area contributed by atoms with E-state index in [1.54, 1.807) is 0 Å². The quantitative estimate of drug-likeness (QED) is 0.618. The molecule has 0 aliphatic carbocycles. The number of ether oxygens (including phenoxy) is 1. The van der Waals surface area contributed by atoms with Crippen molar-refractivity contribution in [3.05, 3.63) is 41.6 Å². The van der Waals surface area contributed by atoms with Gasteiger partial charge in [0.05, 0.1) is 12.3 Å². The molecule has 0 atom stereocenters. The lowest BCUT2D eigenvalue weighted by atomic mass is 10.0. The minimum absolute atomic E-state index is 0.321. The summed E-state index contributed by atoms with van der Waals surface area (Å²) in [6.45, 7) is 4.34. The zero-order valence-electron chi connectivity index (χ0n) is 12.7. The Morgan fingerprint density at radius 1 is 1.19 bits per heavy atom. The molecule has 4 nitrogen and oxygen atoms in total. The molecule has 0 fully saturated rings. The van der Waals surface area contributed by atoms with E-state index in [4.69, 9.17) is 4.74 Å². The van der Waals surface area contributed by atoms with Gasteiger partial charge in [-0.25, -0.2) is 4.79 Å². The van der Waals surface area contributed by atoms with Gasteiger partial charge in [0.15, 0.2) is 0 Å². The second kappa shape index (κ2) is 7.62. The van der Waals surface area contributed by atoms with Crippen molar-refractivity contribution < 1.29 is 9.53 Å². The standard InChI is InChI=1S/C17H22N2O2/c1-3-5-7-12-14-15(13-10-8-6-9-11-13)18-19-16(14)17(20)21-4-2/h6,8-11H,3-5,7,12H2,1-2H3,(H,18,19). The maximum absolute atomic E-state index is 12.0. The van der Waals surface area contributed by atoms with Crippen LogP contribution in [0.2, 0.25) is 0 Å². The molecule has 0 unspecified atom stereocenters. The van der Waals surface area contributed by atoms with E-state index in [-0.39, 0.29) is 5.97 Å². The number of aromatic nitrogens is 2. The summed E-state index contributed by atoms with van der Waals surface area (Å²) in [5.74, 6) is -0.321. The van der Waals surface area contributed by atoms with Gasteiger partial charge in [0, 0.05) is 11.1 Å². The number of nitrogens with zero attached hydrogens (tertiary/aromatic N) is 1. The first-order chi connectivity index (χ1) is 10.3. The number of hydrogen-bond acceptors (Lipinski definition) is 3. The van der Waals surface area contributed by atoms with Gasteiger partial charge in [-0.15, -0.1) is 0 Å². The van der Waals surface area contributed by atoms with Gasteiger partial charge in [0.2, 0.25) is 0 Å². The van der Waals surface area contributed by atoms with E-state index in [2.05, 4.69) is 17.1 Å². The second-order valence-corrected chi connectivity index (χ2v) is 4.97. The first kappa shape index (κ1) is 15.3. The topological polar surface area (TPSA) is 55.0 Å². The normalized spacial score (nSPS) is 10.6. The Balaban J connectivity index is 2.34. The number of unbranched alkanes of at least 4 members (excludes halogenated alkanes) is 2. The van der Waals surface area contributed by atoms with E-state index in [1.807, 2.05) is 37.3 Å². The predicted molar refractivity (Wildman–Crippen MR) is 83.2 cm³/mol. The van der Waals surface area contributed by atoms with Gasteiger partial charge in [-0.1, -0.05) is 50.1 Å². The summed E-state index contributed by atoms with van der Waals surface area (Å²) in [5, 5.41) is 7.20. The number of nitrogens with one attached hydrogen (secondary N) is 1. The minimum atomic E-state index is -0.321. The number of H-pyrrole nitrogens is 1. The smallest absolute Gasteiger partial charge is 0.356 e. The Labute approximate surface area is 125 Å². The van der Waals surface area contributed by atoms with Crippen LogP contribution in [-0.4, -0.2) is 22.8 Å². The van der Waals surface area contributed by atoms with Gasteiger partial charge in [-0.2, -0.15) is 5.10 Å².